The van der Waals surface area contributed by atoms with Crippen LogP contribution in [0.15, 0.2) is 66.7 Å². The third-order valence-electron chi connectivity index (χ3n) is 5.40. The lowest BCUT2D eigenvalue weighted by Crippen LogP contribution is -2.13. The van der Waals surface area contributed by atoms with E-state index in [-0.39, 0.29) is 5.91 Å². The number of rotatable bonds is 5. The first-order chi connectivity index (χ1) is 16.1. The van der Waals surface area contributed by atoms with Crippen LogP contribution in [0.3, 0.4) is 0 Å². The number of aryl methyl sites for hydroxylation is 1. The van der Waals surface area contributed by atoms with Crippen molar-refractivity contribution in [3.8, 4) is 22.8 Å². The highest BCUT2D eigenvalue weighted by molar-refractivity contribution is 7.22. The highest BCUT2D eigenvalue weighted by Crippen LogP contribution is 2.33. The topological polar surface area (TPSA) is 73.3 Å². The number of nitrogens with one attached hydrogen (secondary N) is 1. The molecule has 0 spiro atoms. The highest BCUT2D eigenvalue weighted by Gasteiger charge is 2.17. The number of pyridine rings is 1. The molecular formula is C26H21N3O3S. The first-order valence-corrected chi connectivity index (χ1v) is 11.2. The number of carbonyl (C=O) groups excluding carboxylic acids is 1. The number of amides is 1. The molecule has 0 saturated carbocycles. The van der Waals surface area contributed by atoms with Gasteiger partial charge in [-0.05, 0) is 55.0 Å². The zero-order valence-corrected chi connectivity index (χ0v) is 19.2. The minimum absolute atomic E-state index is 0.230. The van der Waals surface area contributed by atoms with Gasteiger partial charge in [-0.2, -0.15) is 0 Å². The van der Waals surface area contributed by atoms with Gasteiger partial charge in [-0.25, -0.2) is 9.97 Å². The van der Waals surface area contributed by atoms with Crippen LogP contribution in [0.5, 0.6) is 11.5 Å². The van der Waals surface area contributed by atoms with E-state index in [0.717, 1.165) is 32.2 Å². The number of methoxy groups -OCH3 is 2. The molecule has 0 unspecified atom stereocenters. The Kier molecular flexibility index (Phi) is 5.40. The number of thiazole rings is 1. The summed E-state index contributed by atoms with van der Waals surface area (Å²) >= 11 is 1.46. The van der Waals surface area contributed by atoms with Gasteiger partial charge in [0.25, 0.3) is 5.91 Å². The maximum atomic E-state index is 13.4. The van der Waals surface area contributed by atoms with Gasteiger partial charge < -0.3 is 9.47 Å². The second-order valence-corrected chi connectivity index (χ2v) is 8.62. The number of anilines is 1. The summed E-state index contributed by atoms with van der Waals surface area (Å²) in [6.07, 6.45) is 0. The largest absolute Gasteiger partial charge is 0.493 e. The lowest BCUT2D eigenvalue weighted by Gasteiger charge is -2.12. The molecule has 6 nitrogen and oxygen atoms in total. The molecule has 2 aromatic heterocycles. The second kappa shape index (κ2) is 8.52. The minimum atomic E-state index is -0.230. The van der Waals surface area contributed by atoms with E-state index in [2.05, 4.69) is 16.4 Å². The molecule has 5 aromatic rings. The van der Waals surface area contributed by atoms with Crippen LogP contribution in [-0.4, -0.2) is 30.1 Å². The highest BCUT2D eigenvalue weighted by atomic mass is 32.1. The van der Waals surface area contributed by atoms with Crippen molar-refractivity contribution in [2.24, 2.45) is 0 Å². The first kappa shape index (κ1) is 20.9. The molecular weight excluding hydrogens is 434 g/mol. The Morgan fingerprint density at radius 3 is 2.52 bits per heavy atom. The quantitative estimate of drug-likeness (QED) is 0.347. The summed E-state index contributed by atoms with van der Waals surface area (Å²) in [4.78, 5) is 22.7. The van der Waals surface area contributed by atoms with Gasteiger partial charge in [0.05, 0.1) is 41.2 Å². The molecule has 1 amide bonds. The van der Waals surface area contributed by atoms with E-state index in [9.17, 15) is 4.79 Å². The Hall–Kier alpha value is -3.97. The van der Waals surface area contributed by atoms with E-state index in [0.29, 0.717) is 27.9 Å². The van der Waals surface area contributed by atoms with Crippen LogP contribution in [-0.2, 0) is 0 Å². The average Bonchev–Trinajstić information content (AvgIpc) is 3.23. The summed E-state index contributed by atoms with van der Waals surface area (Å²) in [5, 5.41) is 4.31. The van der Waals surface area contributed by atoms with Gasteiger partial charge in [0.15, 0.2) is 16.6 Å². The molecule has 0 bridgehead atoms. The molecule has 0 atom stereocenters. The summed E-state index contributed by atoms with van der Waals surface area (Å²) in [6.45, 7) is 2.04. The van der Waals surface area contributed by atoms with Crippen LogP contribution in [0, 0.1) is 6.92 Å². The number of para-hydroxylation sites is 1. The Bertz CT molecular complexity index is 1510. The standard InChI is InChI=1S/C26H21N3O3S/c1-15-8-10-20-24(12-15)33-26(28-20)29-25(30)18-14-21(27-19-7-5-4-6-17(18)19)16-9-11-22(31-2)23(13-16)32-3/h4-14H,1-3H3,(H,28,29,30). The molecule has 0 aliphatic rings. The molecule has 2 heterocycles. The van der Waals surface area contributed by atoms with E-state index < -0.39 is 0 Å². The number of fused-ring (bicyclic) bond motifs is 2. The normalized spacial score (nSPS) is 11.0. The van der Waals surface area contributed by atoms with E-state index >= 15 is 0 Å². The van der Waals surface area contributed by atoms with Gasteiger partial charge in [-0.15, -0.1) is 0 Å². The van der Waals surface area contributed by atoms with Crippen LogP contribution >= 0.6 is 11.3 Å². The van der Waals surface area contributed by atoms with E-state index in [1.165, 1.54) is 11.3 Å². The van der Waals surface area contributed by atoms with Crippen LogP contribution in [0.4, 0.5) is 5.13 Å². The molecule has 1 N–H and O–H groups in total. The van der Waals surface area contributed by atoms with Crippen molar-refractivity contribution in [3.63, 3.8) is 0 Å². The molecule has 0 aliphatic heterocycles. The Labute approximate surface area is 194 Å². The van der Waals surface area contributed by atoms with Crippen LogP contribution in [0.1, 0.15) is 15.9 Å². The first-order valence-electron chi connectivity index (χ1n) is 10.4. The predicted molar refractivity (Wildman–Crippen MR) is 133 cm³/mol. The van der Waals surface area contributed by atoms with Crippen molar-refractivity contribution in [2.75, 3.05) is 19.5 Å². The van der Waals surface area contributed by atoms with Crippen LogP contribution in [0.2, 0.25) is 0 Å². The summed E-state index contributed by atoms with van der Waals surface area (Å²) in [7, 11) is 3.19. The Morgan fingerprint density at radius 2 is 1.70 bits per heavy atom. The maximum absolute atomic E-state index is 13.4. The van der Waals surface area contributed by atoms with Crippen molar-refractivity contribution < 1.29 is 14.3 Å². The number of nitrogens with zero attached hydrogens (tertiary/aromatic N) is 2. The van der Waals surface area contributed by atoms with Gasteiger partial charge in [-0.1, -0.05) is 35.6 Å². The zero-order chi connectivity index (χ0) is 22.9. The fourth-order valence-corrected chi connectivity index (χ4v) is 4.72. The van der Waals surface area contributed by atoms with Crippen LogP contribution in [0.25, 0.3) is 32.4 Å². The predicted octanol–water partition coefficient (Wildman–Crippen LogP) is 6.09. The zero-order valence-electron chi connectivity index (χ0n) is 18.4. The molecule has 3 aromatic carbocycles. The minimum Gasteiger partial charge on any atom is -0.493 e. The molecule has 0 fully saturated rings. The number of hydrogen-bond donors (Lipinski definition) is 1. The average molecular weight is 456 g/mol. The number of hydrogen-bond acceptors (Lipinski definition) is 6. The van der Waals surface area contributed by atoms with Crippen molar-refractivity contribution in [1.82, 2.24) is 9.97 Å². The molecule has 7 heteroatoms. The molecule has 33 heavy (non-hydrogen) atoms. The van der Waals surface area contributed by atoms with E-state index in [1.54, 1.807) is 20.3 Å². The maximum Gasteiger partial charge on any atom is 0.258 e. The van der Waals surface area contributed by atoms with Crippen molar-refractivity contribution in [1.29, 1.82) is 0 Å². The molecule has 0 aliphatic carbocycles. The van der Waals surface area contributed by atoms with E-state index in [1.807, 2.05) is 61.5 Å². The third-order valence-corrected chi connectivity index (χ3v) is 6.34. The molecule has 0 radical (unpaired) electrons. The van der Waals surface area contributed by atoms with Gasteiger partial charge in [0.2, 0.25) is 0 Å². The molecule has 5 rings (SSSR count). The van der Waals surface area contributed by atoms with Gasteiger partial charge in [0, 0.05) is 10.9 Å². The summed E-state index contributed by atoms with van der Waals surface area (Å²) in [5.74, 6) is 0.998. The second-order valence-electron chi connectivity index (χ2n) is 7.59. The monoisotopic (exact) mass is 455 g/mol. The van der Waals surface area contributed by atoms with Gasteiger partial charge in [-0.3, -0.25) is 10.1 Å². The molecule has 164 valence electrons. The Morgan fingerprint density at radius 1 is 0.879 bits per heavy atom. The lowest BCUT2D eigenvalue weighted by atomic mass is 10.0. The summed E-state index contributed by atoms with van der Waals surface area (Å²) < 4.78 is 11.8. The van der Waals surface area contributed by atoms with Crippen LogP contribution < -0.4 is 14.8 Å². The molecule has 0 saturated heterocycles. The summed E-state index contributed by atoms with van der Waals surface area (Å²) in [6, 6.07) is 21.0. The number of aromatic nitrogens is 2. The van der Waals surface area contributed by atoms with Crippen molar-refractivity contribution in [3.05, 3.63) is 77.9 Å². The van der Waals surface area contributed by atoms with Crippen molar-refractivity contribution >= 4 is 43.5 Å². The van der Waals surface area contributed by atoms with E-state index in [4.69, 9.17) is 14.5 Å². The fourth-order valence-electron chi connectivity index (χ4n) is 3.76. The van der Waals surface area contributed by atoms with Gasteiger partial charge in [0.1, 0.15) is 0 Å². The number of benzene rings is 3. The SMILES string of the molecule is COc1ccc(-c2cc(C(=O)Nc3nc4ccc(C)cc4s3)c3ccccc3n2)cc1OC. The lowest BCUT2D eigenvalue weighted by molar-refractivity contribution is 0.102. The number of ether oxygens (including phenoxy) is 2. The number of carbonyl (C=O) groups is 1. The summed E-state index contributed by atoms with van der Waals surface area (Å²) in [5.41, 5.74) is 4.77. The fraction of sp³-hybridized carbons (Fsp3) is 0.115. The third kappa shape index (κ3) is 3.99. The van der Waals surface area contributed by atoms with Gasteiger partial charge >= 0.3 is 0 Å². The Balaban J connectivity index is 1.57. The smallest absolute Gasteiger partial charge is 0.258 e. The van der Waals surface area contributed by atoms with Crippen molar-refractivity contribution in [2.45, 2.75) is 6.92 Å².